The number of hydrogen-bond donors (Lipinski definition) is 1. The zero-order valence-corrected chi connectivity index (χ0v) is 11.8. The SMILES string of the molecule is CCC/C(CCNC)=N\N(C)Cc1ccccc1. The minimum Gasteiger partial charge on any atom is -0.319 e. The standard InChI is InChI=1S/C15H25N3/c1-4-8-15(11-12-16-2)17-18(3)13-14-9-6-5-7-10-14/h5-7,9-10,16H,4,8,11-13H2,1-3H3/b17-15+. The molecular weight excluding hydrogens is 222 g/mol. The van der Waals surface area contributed by atoms with Crippen LogP contribution in [-0.4, -0.2) is 31.4 Å². The quantitative estimate of drug-likeness (QED) is 0.565. The molecule has 3 nitrogen and oxygen atoms in total. The summed E-state index contributed by atoms with van der Waals surface area (Å²) in [6, 6.07) is 10.5. The fourth-order valence-electron chi connectivity index (χ4n) is 1.91. The van der Waals surface area contributed by atoms with E-state index in [1.165, 1.54) is 11.3 Å². The molecule has 0 aromatic heterocycles. The summed E-state index contributed by atoms with van der Waals surface area (Å²) in [4.78, 5) is 0. The lowest BCUT2D eigenvalue weighted by atomic mass is 10.1. The molecule has 0 unspecified atom stereocenters. The van der Waals surface area contributed by atoms with Gasteiger partial charge in [-0.05, 0) is 25.5 Å². The summed E-state index contributed by atoms with van der Waals surface area (Å²) in [6.07, 6.45) is 3.27. The molecule has 0 aliphatic carbocycles. The third-order valence-corrected chi connectivity index (χ3v) is 2.77. The summed E-state index contributed by atoms with van der Waals surface area (Å²) in [7, 11) is 4.03. The molecule has 0 heterocycles. The van der Waals surface area contributed by atoms with Crippen LogP contribution in [0.5, 0.6) is 0 Å². The van der Waals surface area contributed by atoms with Crippen LogP contribution in [-0.2, 0) is 6.54 Å². The average molecular weight is 247 g/mol. The number of nitrogens with one attached hydrogen (secondary N) is 1. The molecule has 0 spiro atoms. The van der Waals surface area contributed by atoms with E-state index in [-0.39, 0.29) is 0 Å². The molecule has 0 fully saturated rings. The van der Waals surface area contributed by atoms with E-state index >= 15 is 0 Å². The van der Waals surface area contributed by atoms with Crippen LogP contribution in [0.2, 0.25) is 0 Å². The summed E-state index contributed by atoms with van der Waals surface area (Å²) >= 11 is 0. The van der Waals surface area contributed by atoms with Crippen molar-refractivity contribution in [2.24, 2.45) is 5.10 Å². The Kier molecular flexibility index (Phi) is 7.11. The Morgan fingerprint density at radius 1 is 1.22 bits per heavy atom. The highest BCUT2D eigenvalue weighted by Gasteiger charge is 2.01. The molecule has 1 N–H and O–H groups in total. The third kappa shape index (κ3) is 5.82. The van der Waals surface area contributed by atoms with E-state index < -0.39 is 0 Å². The van der Waals surface area contributed by atoms with E-state index in [0.717, 1.165) is 32.4 Å². The smallest absolute Gasteiger partial charge is 0.0607 e. The summed E-state index contributed by atoms with van der Waals surface area (Å²) in [5, 5.41) is 9.93. The molecule has 100 valence electrons. The number of benzene rings is 1. The first kappa shape index (κ1) is 14.7. The summed E-state index contributed by atoms with van der Waals surface area (Å²) in [6.45, 7) is 4.07. The molecule has 0 saturated heterocycles. The number of nitrogens with zero attached hydrogens (tertiary/aromatic N) is 2. The molecule has 0 amide bonds. The lowest BCUT2D eigenvalue weighted by molar-refractivity contribution is 0.344. The lowest BCUT2D eigenvalue weighted by Crippen LogP contribution is -2.18. The van der Waals surface area contributed by atoms with Gasteiger partial charge in [0, 0.05) is 19.3 Å². The van der Waals surface area contributed by atoms with E-state index in [0.29, 0.717) is 0 Å². The van der Waals surface area contributed by atoms with Gasteiger partial charge in [-0.2, -0.15) is 5.10 Å². The summed E-state index contributed by atoms with van der Waals surface area (Å²) < 4.78 is 0. The minimum atomic E-state index is 0.869. The van der Waals surface area contributed by atoms with Crippen molar-refractivity contribution < 1.29 is 0 Å². The maximum absolute atomic E-state index is 4.71. The second kappa shape index (κ2) is 8.70. The normalized spacial score (nSPS) is 11.6. The van der Waals surface area contributed by atoms with Crippen LogP contribution in [0.3, 0.4) is 0 Å². The largest absolute Gasteiger partial charge is 0.319 e. The van der Waals surface area contributed by atoms with Gasteiger partial charge in [-0.15, -0.1) is 0 Å². The van der Waals surface area contributed by atoms with Gasteiger partial charge in [0.15, 0.2) is 0 Å². The van der Waals surface area contributed by atoms with E-state index in [2.05, 4.69) is 36.5 Å². The van der Waals surface area contributed by atoms with Gasteiger partial charge in [-0.25, -0.2) is 0 Å². The van der Waals surface area contributed by atoms with Crippen LogP contribution in [0, 0.1) is 0 Å². The summed E-state index contributed by atoms with van der Waals surface area (Å²) in [5.74, 6) is 0. The summed E-state index contributed by atoms with van der Waals surface area (Å²) in [5.41, 5.74) is 2.58. The monoisotopic (exact) mass is 247 g/mol. The Hall–Kier alpha value is -1.35. The van der Waals surface area contributed by atoms with Gasteiger partial charge >= 0.3 is 0 Å². The lowest BCUT2D eigenvalue weighted by Gasteiger charge is -2.16. The van der Waals surface area contributed by atoms with Gasteiger partial charge in [-0.3, -0.25) is 5.01 Å². The molecule has 0 aliphatic rings. The van der Waals surface area contributed by atoms with Gasteiger partial charge in [0.05, 0.1) is 6.54 Å². The van der Waals surface area contributed by atoms with E-state index in [1.54, 1.807) is 0 Å². The Bertz CT molecular complexity index is 346. The van der Waals surface area contributed by atoms with Crippen LogP contribution in [0.25, 0.3) is 0 Å². The Balaban J connectivity index is 2.54. The first-order valence-electron chi connectivity index (χ1n) is 6.72. The molecule has 1 rings (SSSR count). The zero-order chi connectivity index (χ0) is 13.2. The zero-order valence-electron chi connectivity index (χ0n) is 11.8. The van der Waals surface area contributed by atoms with Crippen LogP contribution in [0.15, 0.2) is 35.4 Å². The van der Waals surface area contributed by atoms with E-state index in [1.807, 2.05) is 25.2 Å². The second-order valence-corrected chi connectivity index (χ2v) is 4.57. The molecule has 0 radical (unpaired) electrons. The van der Waals surface area contributed by atoms with Crippen molar-refractivity contribution in [3.63, 3.8) is 0 Å². The van der Waals surface area contributed by atoms with E-state index in [9.17, 15) is 0 Å². The molecule has 0 saturated carbocycles. The molecule has 0 bridgehead atoms. The first-order chi connectivity index (χ1) is 8.76. The number of hydrazone groups is 1. The minimum absolute atomic E-state index is 0.869. The molecule has 0 aliphatic heterocycles. The third-order valence-electron chi connectivity index (χ3n) is 2.77. The highest BCUT2D eigenvalue weighted by atomic mass is 15.4. The fraction of sp³-hybridized carbons (Fsp3) is 0.533. The van der Waals surface area contributed by atoms with Crippen molar-refractivity contribution >= 4 is 5.71 Å². The Labute approximate surface area is 111 Å². The fourth-order valence-corrected chi connectivity index (χ4v) is 1.91. The van der Waals surface area contributed by atoms with Gasteiger partial charge in [0.25, 0.3) is 0 Å². The van der Waals surface area contributed by atoms with Gasteiger partial charge in [0.2, 0.25) is 0 Å². The molecular formula is C15H25N3. The van der Waals surface area contributed by atoms with Gasteiger partial charge < -0.3 is 5.32 Å². The molecule has 18 heavy (non-hydrogen) atoms. The topological polar surface area (TPSA) is 27.6 Å². The van der Waals surface area contributed by atoms with Crippen LogP contribution in [0.4, 0.5) is 0 Å². The second-order valence-electron chi connectivity index (χ2n) is 4.57. The maximum Gasteiger partial charge on any atom is 0.0607 e. The predicted molar refractivity (Wildman–Crippen MR) is 78.8 cm³/mol. The van der Waals surface area contributed by atoms with Crippen molar-refractivity contribution in [2.75, 3.05) is 20.6 Å². The first-order valence-corrected chi connectivity index (χ1v) is 6.72. The van der Waals surface area contributed by atoms with Crippen LogP contribution >= 0.6 is 0 Å². The highest BCUT2D eigenvalue weighted by Crippen LogP contribution is 2.05. The highest BCUT2D eigenvalue weighted by molar-refractivity contribution is 5.84. The Morgan fingerprint density at radius 2 is 1.94 bits per heavy atom. The van der Waals surface area contributed by atoms with Crippen molar-refractivity contribution in [3.8, 4) is 0 Å². The molecule has 1 aromatic carbocycles. The average Bonchev–Trinajstić information content (AvgIpc) is 2.37. The van der Waals surface area contributed by atoms with Gasteiger partial charge in [-0.1, -0.05) is 43.7 Å². The van der Waals surface area contributed by atoms with Crippen molar-refractivity contribution in [1.29, 1.82) is 0 Å². The molecule has 1 aromatic rings. The van der Waals surface area contributed by atoms with Crippen LogP contribution < -0.4 is 5.32 Å². The maximum atomic E-state index is 4.71. The van der Waals surface area contributed by atoms with E-state index in [4.69, 9.17) is 5.10 Å². The molecule has 3 heteroatoms. The van der Waals surface area contributed by atoms with Crippen molar-refractivity contribution in [1.82, 2.24) is 10.3 Å². The van der Waals surface area contributed by atoms with Crippen molar-refractivity contribution in [2.45, 2.75) is 32.7 Å². The molecule has 0 atom stereocenters. The number of hydrogen-bond acceptors (Lipinski definition) is 3. The van der Waals surface area contributed by atoms with Crippen LogP contribution in [0.1, 0.15) is 31.7 Å². The van der Waals surface area contributed by atoms with Gasteiger partial charge in [0.1, 0.15) is 0 Å². The number of rotatable bonds is 8. The Morgan fingerprint density at radius 3 is 2.56 bits per heavy atom. The van der Waals surface area contributed by atoms with Crippen molar-refractivity contribution in [3.05, 3.63) is 35.9 Å². The predicted octanol–water partition coefficient (Wildman–Crippen LogP) is 2.88.